The first-order valence-electron chi connectivity index (χ1n) is 8.58. The molecule has 0 unspecified atom stereocenters. The minimum atomic E-state index is -1.08. The second-order valence-electron chi connectivity index (χ2n) is 6.35. The molecule has 4 rings (SSSR count). The topological polar surface area (TPSA) is 82.6 Å². The van der Waals surface area contributed by atoms with Gasteiger partial charge < -0.3 is 19.7 Å². The summed E-state index contributed by atoms with van der Waals surface area (Å²) in [6.07, 6.45) is 1.96. The Hall–Kier alpha value is -3.54. The van der Waals surface area contributed by atoms with Gasteiger partial charge >= 0.3 is 5.97 Å². The summed E-state index contributed by atoms with van der Waals surface area (Å²) in [6.45, 7) is 0.391. The summed E-state index contributed by atoms with van der Waals surface area (Å²) in [4.78, 5) is 29.4. The molecule has 2 N–H and O–H groups in total. The van der Waals surface area contributed by atoms with Crippen molar-refractivity contribution in [2.24, 2.45) is 0 Å². The molecule has 0 saturated heterocycles. The second kappa shape index (κ2) is 6.64. The van der Waals surface area contributed by atoms with Gasteiger partial charge in [0.05, 0.1) is 18.4 Å². The van der Waals surface area contributed by atoms with Gasteiger partial charge in [-0.2, -0.15) is 0 Å². The number of methoxy groups -OCH3 is 1. The summed E-state index contributed by atoms with van der Waals surface area (Å²) in [6, 6.07) is 14.4. The van der Waals surface area contributed by atoms with Crippen LogP contribution in [0.3, 0.4) is 0 Å². The molecule has 2 heterocycles. The molecule has 0 aliphatic carbocycles. The van der Waals surface area contributed by atoms with Gasteiger partial charge in [0.1, 0.15) is 5.75 Å². The number of rotatable bonds is 3. The molecule has 136 valence electrons. The fourth-order valence-electron chi connectivity index (χ4n) is 3.43. The van der Waals surface area contributed by atoms with Crippen molar-refractivity contribution in [3.63, 3.8) is 0 Å². The van der Waals surface area contributed by atoms with E-state index in [1.165, 1.54) is 11.1 Å². The van der Waals surface area contributed by atoms with Crippen LogP contribution in [0.1, 0.15) is 21.6 Å². The first-order chi connectivity index (χ1) is 13.1. The van der Waals surface area contributed by atoms with Gasteiger partial charge in [0.2, 0.25) is 0 Å². The van der Waals surface area contributed by atoms with Crippen molar-refractivity contribution in [3.05, 3.63) is 71.6 Å². The maximum absolute atomic E-state index is 12.8. The lowest BCUT2D eigenvalue weighted by Crippen LogP contribution is -2.27. The highest BCUT2D eigenvalue weighted by Gasteiger charge is 2.26. The molecule has 0 spiro atoms. The van der Waals surface area contributed by atoms with E-state index in [9.17, 15) is 14.7 Å². The first-order valence-corrected chi connectivity index (χ1v) is 8.58. The molecule has 1 aliphatic heterocycles. The number of fused-ring (bicyclic) bond motifs is 3. The zero-order valence-corrected chi connectivity index (χ0v) is 14.7. The fourth-order valence-corrected chi connectivity index (χ4v) is 3.43. The van der Waals surface area contributed by atoms with Crippen LogP contribution in [0.2, 0.25) is 0 Å². The minimum absolute atomic E-state index is 0.0712. The molecule has 0 radical (unpaired) electrons. The number of nitrogens with zero attached hydrogens (tertiary/aromatic N) is 1. The third-order valence-corrected chi connectivity index (χ3v) is 4.78. The number of amides is 1. The lowest BCUT2D eigenvalue weighted by atomic mass is 10.0. The molecule has 6 heteroatoms. The Morgan fingerprint density at radius 1 is 1.15 bits per heavy atom. The van der Waals surface area contributed by atoms with E-state index >= 15 is 0 Å². The number of carboxylic acids is 1. The Morgan fingerprint density at radius 3 is 2.63 bits per heavy atom. The van der Waals surface area contributed by atoms with Crippen molar-refractivity contribution < 1.29 is 19.4 Å². The lowest BCUT2D eigenvalue weighted by molar-refractivity contribution is -0.130. The highest BCUT2D eigenvalue weighted by molar-refractivity contribution is 6.17. The van der Waals surface area contributed by atoms with Crippen molar-refractivity contribution >= 4 is 28.4 Å². The Kier molecular flexibility index (Phi) is 4.16. The average molecular weight is 362 g/mol. The molecule has 1 aromatic heterocycles. The van der Waals surface area contributed by atoms with Crippen molar-refractivity contribution in [1.82, 2.24) is 9.88 Å². The molecule has 0 bridgehead atoms. The number of aliphatic carboxylic acids is 1. The van der Waals surface area contributed by atoms with E-state index in [0.29, 0.717) is 30.0 Å². The molecule has 0 fully saturated rings. The number of benzene rings is 2. The van der Waals surface area contributed by atoms with Crippen molar-refractivity contribution in [2.45, 2.75) is 6.42 Å². The van der Waals surface area contributed by atoms with Gasteiger partial charge in [-0.25, -0.2) is 4.79 Å². The van der Waals surface area contributed by atoms with Crippen molar-refractivity contribution in [3.8, 4) is 5.75 Å². The van der Waals surface area contributed by atoms with E-state index in [1.807, 2.05) is 24.3 Å². The van der Waals surface area contributed by atoms with E-state index in [4.69, 9.17) is 4.74 Å². The van der Waals surface area contributed by atoms with Crippen LogP contribution in [0.15, 0.2) is 54.7 Å². The second-order valence-corrected chi connectivity index (χ2v) is 6.35. The molecular weight excluding hydrogens is 344 g/mol. The van der Waals surface area contributed by atoms with Gasteiger partial charge in [0, 0.05) is 29.2 Å². The van der Waals surface area contributed by atoms with Crippen LogP contribution in [0.4, 0.5) is 0 Å². The molecule has 1 amide bonds. The number of aromatic nitrogens is 1. The summed E-state index contributed by atoms with van der Waals surface area (Å²) in [5, 5.41) is 10.7. The monoisotopic (exact) mass is 362 g/mol. The largest absolute Gasteiger partial charge is 0.497 e. The first kappa shape index (κ1) is 16.9. The molecular formula is C21H18N2O4. The molecule has 2 aromatic carbocycles. The van der Waals surface area contributed by atoms with Gasteiger partial charge in [0.25, 0.3) is 5.91 Å². The van der Waals surface area contributed by atoms with Crippen molar-refractivity contribution in [2.75, 3.05) is 13.7 Å². The van der Waals surface area contributed by atoms with E-state index in [0.717, 1.165) is 16.5 Å². The fraction of sp³-hybridized carbons (Fsp3) is 0.143. The van der Waals surface area contributed by atoms with E-state index in [2.05, 4.69) is 4.98 Å². The van der Waals surface area contributed by atoms with Crippen LogP contribution < -0.4 is 4.74 Å². The zero-order chi connectivity index (χ0) is 19.0. The predicted molar refractivity (Wildman–Crippen MR) is 102 cm³/mol. The van der Waals surface area contributed by atoms with Crippen molar-refractivity contribution in [1.29, 1.82) is 0 Å². The van der Waals surface area contributed by atoms with Gasteiger partial charge in [0.15, 0.2) is 0 Å². The number of ether oxygens (including phenoxy) is 1. The van der Waals surface area contributed by atoms with Gasteiger partial charge in [-0.1, -0.05) is 18.2 Å². The summed E-state index contributed by atoms with van der Waals surface area (Å²) in [7, 11) is 1.59. The number of H-pyrrole nitrogens is 1. The molecule has 0 saturated carbocycles. The summed E-state index contributed by atoms with van der Waals surface area (Å²) >= 11 is 0. The highest BCUT2D eigenvalue weighted by Crippen LogP contribution is 2.33. The van der Waals surface area contributed by atoms with E-state index in [-0.39, 0.29) is 11.5 Å². The number of carbonyl (C=O) groups is 2. The predicted octanol–water partition coefficient (Wildman–Crippen LogP) is 3.30. The Labute approximate surface area is 155 Å². The number of nitrogens with one attached hydrogen (secondary N) is 1. The van der Waals surface area contributed by atoms with E-state index in [1.54, 1.807) is 31.4 Å². The average Bonchev–Trinajstić information content (AvgIpc) is 2.93. The smallest absolute Gasteiger partial charge is 0.339 e. The molecule has 1 aliphatic rings. The normalized spacial score (nSPS) is 13.7. The third kappa shape index (κ3) is 2.95. The Morgan fingerprint density at radius 2 is 1.93 bits per heavy atom. The lowest BCUT2D eigenvalue weighted by Gasteiger charge is -2.17. The van der Waals surface area contributed by atoms with Gasteiger partial charge in [-0.05, 0) is 42.3 Å². The maximum Gasteiger partial charge on any atom is 0.339 e. The standard InChI is InChI=1S/C21H18N2O4/c1-27-14-7-8-18-16(11-14)15-9-10-23(12-17(21(25)26)19(15)22-18)20(24)13-5-3-2-4-6-13/h2-8,11-12,22H,9-10H2,1H3,(H,25,26). The number of carboxylic acid groups (broad SMARTS) is 1. The summed E-state index contributed by atoms with van der Waals surface area (Å²) < 4.78 is 5.30. The Balaban J connectivity index is 1.81. The number of hydrogen-bond acceptors (Lipinski definition) is 3. The van der Waals surface area contributed by atoms with Crippen LogP contribution in [0.5, 0.6) is 5.75 Å². The minimum Gasteiger partial charge on any atom is -0.497 e. The number of aromatic amines is 1. The van der Waals surface area contributed by atoms with Crippen LogP contribution in [-0.4, -0.2) is 40.5 Å². The molecule has 27 heavy (non-hydrogen) atoms. The number of hydrogen-bond donors (Lipinski definition) is 2. The zero-order valence-electron chi connectivity index (χ0n) is 14.7. The SMILES string of the molecule is COc1ccc2[nH]c3c(c2c1)CCN(C(=O)c1ccccc1)C=C3C(=O)O. The van der Waals surface area contributed by atoms with Crippen LogP contribution in [0.25, 0.3) is 16.5 Å². The third-order valence-electron chi connectivity index (χ3n) is 4.78. The molecule has 0 atom stereocenters. The van der Waals surface area contributed by atoms with E-state index < -0.39 is 5.97 Å². The molecule has 6 nitrogen and oxygen atoms in total. The summed E-state index contributed by atoms with van der Waals surface area (Å²) in [5.74, 6) is -0.601. The van der Waals surface area contributed by atoms with Gasteiger partial charge in [-0.15, -0.1) is 0 Å². The Bertz CT molecular complexity index is 1070. The number of carbonyl (C=O) groups excluding carboxylic acids is 1. The van der Waals surface area contributed by atoms with Gasteiger partial charge in [-0.3, -0.25) is 4.79 Å². The van der Waals surface area contributed by atoms with Crippen LogP contribution >= 0.6 is 0 Å². The quantitative estimate of drug-likeness (QED) is 0.749. The summed E-state index contributed by atoms with van der Waals surface area (Å²) in [5.41, 5.74) is 2.85. The highest BCUT2D eigenvalue weighted by atomic mass is 16.5. The maximum atomic E-state index is 12.8. The molecule has 3 aromatic rings. The van der Waals surface area contributed by atoms with Crippen LogP contribution in [-0.2, 0) is 11.2 Å². The van der Waals surface area contributed by atoms with Crippen LogP contribution in [0, 0.1) is 0 Å².